The van der Waals surface area contributed by atoms with Crippen molar-refractivity contribution in [2.24, 2.45) is 0 Å². The Morgan fingerprint density at radius 3 is 1.89 bits per heavy atom. The summed E-state index contributed by atoms with van der Waals surface area (Å²) in [5, 5.41) is 9.60. The first-order valence-electron chi connectivity index (χ1n) is 11.3. The van der Waals surface area contributed by atoms with E-state index in [9.17, 15) is 4.79 Å². The number of hydrogen-bond donors (Lipinski definition) is 3. The first-order chi connectivity index (χ1) is 17.0. The smallest absolute Gasteiger partial charge is 0.242 e. The number of anilines is 3. The van der Waals surface area contributed by atoms with Crippen molar-refractivity contribution in [1.82, 2.24) is 0 Å². The van der Waals surface area contributed by atoms with Gasteiger partial charge in [0.1, 0.15) is 5.25 Å². The minimum absolute atomic E-state index is 0.0695. The van der Waals surface area contributed by atoms with E-state index in [1.807, 2.05) is 117 Å². The predicted octanol–water partition coefficient (Wildman–Crippen LogP) is 7.58. The van der Waals surface area contributed by atoms with Crippen LogP contribution in [0, 0.1) is 13.8 Å². The van der Waals surface area contributed by atoms with Crippen LogP contribution in [0.2, 0.25) is 0 Å². The molecule has 1 unspecified atom stereocenters. The largest absolute Gasteiger partial charge is 0.332 e. The molecule has 0 saturated heterocycles. The molecule has 0 spiro atoms. The fourth-order valence-electron chi connectivity index (χ4n) is 3.46. The van der Waals surface area contributed by atoms with Crippen LogP contribution < -0.4 is 16.0 Å². The average molecular weight is 498 g/mol. The van der Waals surface area contributed by atoms with Gasteiger partial charge in [-0.1, -0.05) is 71.8 Å². The molecule has 4 nitrogen and oxygen atoms in total. The molecular formula is C29H27N3OS2. The SMILES string of the molecule is Cc1ccc(NC(=O)C(Sc2cccc(NC(=S)Nc3ccc(C)cc3)c2)c2ccccc2)cc1. The molecule has 3 N–H and O–H groups in total. The Bertz CT molecular complexity index is 1290. The summed E-state index contributed by atoms with van der Waals surface area (Å²) in [4.78, 5) is 14.3. The number of nitrogens with one attached hydrogen (secondary N) is 3. The summed E-state index contributed by atoms with van der Waals surface area (Å²) < 4.78 is 0. The van der Waals surface area contributed by atoms with Crippen molar-refractivity contribution < 1.29 is 4.79 Å². The molecule has 1 atom stereocenters. The monoisotopic (exact) mass is 497 g/mol. The van der Waals surface area contributed by atoms with Crippen molar-refractivity contribution in [2.45, 2.75) is 24.0 Å². The van der Waals surface area contributed by atoms with Crippen LogP contribution in [0.15, 0.2) is 108 Å². The highest BCUT2D eigenvalue weighted by atomic mass is 32.2. The lowest BCUT2D eigenvalue weighted by Gasteiger charge is -2.18. The normalized spacial score (nSPS) is 11.4. The number of carbonyl (C=O) groups is 1. The van der Waals surface area contributed by atoms with E-state index in [0.29, 0.717) is 5.11 Å². The lowest BCUT2D eigenvalue weighted by molar-refractivity contribution is -0.115. The number of thiocarbonyl (C=S) groups is 1. The molecule has 0 aliphatic carbocycles. The fraction of sp³-hybridized carbons (Fsp3) is 0.103. The second-order valence-corrected chi connectivity index (χ2v) is 9.82. The van der Waals surface area contributed by atoms with Gasteiger partial charge in [-0.15, -0.1) is 11.8 Å². The van der Waals surface area contributed by atoms with Crippen molar-refractivity contribution in [3.63, 3.8) is 0 Å². The maximum absolute atomic E-state index is 13.3. The van der Waals surface area contributed by atoms with Crippen LogP contribution in [-0.4, -0.2) is 11.0 Å². The zero-order valence-corrected chi connectivity index (χ0v) is 21.3. The second kappa shape index (κ2) is 11.7. The van der Waals surface area contributed by atoms with Gasteiger partial charge < -0.3 is 16.0 Å². The van der Waals surface area contributed by atoms with Crippen LogP contribution in [-0.2, 0) is 4.79 Å². The summed E-state index contributed by atoms with van der Waals surface area (Å²) in [6, 6.07) is 33.6. The number of rotatable bonds is 7. The van der Waals surface area contributed by atoms with Gasteiger partial charge in [0.2, 0.25) is 5.91 Å². The number of hydrogen-bond acceptors (Lipinski definition) is 3. The summed E-state index contributed by atoms with van der Waals surface area (Å²) in [5.74, 6) is -0.0695. The molecule has 0 heterocycles. The summed E-state index contributed by atoms with van der Waals surface area (Å²) in [6.07, 6.45) is 0. The van der Waals surface area contributed by atoms with Gasteiger partial charge in [-0.3, -0.25) is 4.79 Å². The zero-order chi connectivity index (χ0) is 24.6. The van der Waals surface area contributed by atoms with E-state index < -0.39 is 5.25 Å². The summed E-state index contributed by atoms with van der Waals surface area (Å²) in [7, 11) is 0. The van der Waals surface area contributed by atoms with Crippen molar-refractivity contribution >= 4 is 52.1 Å². The van der Waals surface area contributed by atoms with Gasteiger partial charge in [-0.2, -0.15) is 0 Å². The Morgan fingerprint density at radius 1 is 0.686 bits per heavy atom. The highest BCUT2D eigenvalue weighted by molar-refractivity contribution is 8.00. The van der Waals surface area contributed by atoms with Crippen molar-refractivity contribution in [3.8, 4) is 0 Å². The van der Waals surface area contributed by atoms with Crippen LogP contribution in [0.3, 0.4) is 0 Å². The molecule has 4 aromatic rings. The van der Waals surface area contributed by atoms with Crippen LogP contribution in [0.25, 0.3) is 0 Å². The Morgan fingerprint density at radius 2 is 1.26 bits per heavy atom. The van der Waals surface area contributed by atoms with Gasteiger partial charge in [0.05, 0.1) is 0 Å². The minimum Gasteiger partial charge on any atom is -0.332 e. The van der Waals surface area contributed by atoms with E-state index in [0.717, 1.165) is 33.1 Å². The standard InChI is InChI=1S/C29H27N3OS2/c1-20-11-15-23(16-12-20)30-28(33)27(22-7-4-3-5-8-22)35-26-10-6-9-25(19-26)32-29(34)31-24-17-13-21(2)14-18-24/h3-19,27H,1-2H3,(H,30,33)(H2,31,32,34). The summed E-state index contributed by atoms with van der Waals surface area (Å²) in [6.45, 7) is 4.07. The average Bonchev–Trinajstić information content (AvgIpc) is 2.86. The Hall–Kier alpha value is -3.61. The number of benzene rings is 4. The van der Waals surface area contributed by atoms with E-state index in [1.54, 1.807) is 0 Å². The molecule has 0 fully saturated rings. The maximum Gasteiger partial charge on any atom is 0.242 e. The number of aryl methyl sites for hydroxylation is 2. The van der Waals surface area contributed by atoms with Crippen LogP contribution in [0.5, 0.6) is 0 Å². The van der Waals surface area contributed by atoms with Crippen LogP contribution in [0.1, 0.15) is 21.9 Å². The van der Waals surface area contributed by atoms with Gasteiger partial charge in [-0.25, -0.2) is 0 Å². The molecule has 6 heteroatoms. The molecule has 4 rings (SSSR count). The molecule has 1 amide bonds. The Balaban J connectivity index is 1.48. The van der Waals surface area contributed by atoms with Crippen LogP contribution in [0.4, 0.5) is 17.1 Å². The van der Waals surface area contributed by atoms with E-state index in [2.05, 4.69) is 16.0 Å². The minimum atomic E-state index is -0.412. The van der Waals surface area contributed by atoms with Crippen molar-refractivity contribution in [1.29, 1.82) is 0 Å². The van der Waals surface area contributed by atoms with Crippen LogP contribution >= 0.6 is 24.0 Å². The molecular weight excluding hydrogens is 470 g/mol. The highest BCUT2D eigenvalue weighted by Gasteiger charge is 2.22. The van der Waals surface area contributed by atoms with Gasteiger partial charge in [0.25, 0.3) is 0 Å². The van der Waals surface area contributed by atoms with Gasteiger partial charge in [-0.05, 0) is 74.1 Å². The summed E-state index contributed by atoms with van der Waals surface area (Å²) >= 11 is 6.99. The van der Waals surface area contributed by atoms with E-state index in [1.165, 1.54) is 17.3 Å². The first-order valence-corrected chi connectivity index (χ1v) is 12.6. The quantitative estimate of drug-likeness (QED) is 0.181. The van der Waals surface area contributed by atoms with E-state index in [4.69, 9.17) is 12.2 Å². The molecule has 35 heavy (non-hydrogen) atoms. The highest BCUT2D eigenvalue weighted by Crippen LogP contribution is 2.37. The van der Waals surface area contributed by atoms with Crippen molar-refractivity contribution in [2.75, 3.05) is 16.0 Å². The molecule has 0 aromatic heterocycles. The first kappa shape index (κ1) is 24.5. The maximum atomic E-state index is 13.3. The van der Waals surface area contributed by atoms with E-state index in [-0.39, 0.29) is 5.91 Å². The molecule has 0 bridgehead atoms. The third-order valence-electron chi connectivity index (χ3n) is 5.31. The molecule has 4 aromatic carbocycles. The molecule has 0 saturated carbocycles. The predicted molar refractivity (Wildman–Crippen MR) is 152 cm³/mol. The van der Waals surface area contributed by atoms with Gasteiger partial charge in [0.15, 0.2) is 5.11 Å². The molecule has 0 radical (unpaired) electrons. The van der Waals surface area contributed by atoms with Crippen molar-refractivity contribution in [3.05, 3.63) is 120 Å². The number of carbonyl (C=O) groups excluding carboxylic acids is 1. The Labute approximate surface area is 216 Å². The summed E-state index contributed by atoms with van der Waals surface area (Å²) in [5.41, 5.74) is 5.85. The lowest BCUT2D eigenvalue weighted by Crippen LogP contribution is -2.19. The van der Waals surface area contributed by atoms with Gasteiger partial charge in [0, 0.05) is 22.0 Å². The zero-order valence-electron chi connectivity index (χ0n) is 19.6. The number of thioether (sulfide) groups is 1. The fourth-order valence-corrected chi connectivity index (χ4v) is 4.78. The third-order valence-corrected chi connectivity index (χ3v) is 6.77. The van der Waals surface area contributed by atoms with E-state index >= 15 is 0 Å². The second-order valence-electron chi connectivity index (χ2n) is 8.24. The molecule has 176 valence electrons. The topological polar surface area (TPSA) is 53.2 Å². The molecule has 0 aliphatic rings. The lowest BCUT2D eigenvalue weighted by atomic mass is 10.1. The van der Waals surface area contributed by atoms with Gasteiger partial charge >= 0.3 is 0 Å². The Kier molecular flexibility index (Phi) is 8.19. The molecule has 0 aliphatic heterocycles. The number of amides is 1. The third kappa shape index (κ3) is 7.18.